The summed E-state index contributed by atoms with van der Waals surface area (Å²) in [4.78, 5) is 26.9. The van der Waals surface area contributed by atoms with Crippen molar-refractivity contribution >= 4 is 11.8 Å². The van der Waals surface area contributed by atoms with Crippen molar-refractivity contribution in [3.05, 3.63) is 108 Å². The Kier molecular flexibility index (Phi) is 6.38. The van der Waals surface area contributed by atoms with E-state index in [0.717, 1.165) is 11.1 Å². The zero-order chi connectivity index (χ0) is 24.3. The van der Waals surface area contributed by atoms with Crippen molar-refractivity contribution in [2.24, 2.45) is 5.92 Å². The highest BCUT2D eigenvalue weighted by molar-refractivity contribution is 5.98. The minimum Gasteiger partial charge on any atom is -0.490 e. The average molecular weight is 471 g/mol. The largest absolute Gasteiger partial charge is 0.490 e. The monoisotopic (exact) mass is 470 g/mol. The molecular formula is C29H26O6. The summed E-state index contributed by atoms with van der Waals surface area (Å²) in [6.07, 6.45) is 3.76. The number of ketones is 1. The fraction of sp³-hybridized carbons (Fsp3) is 0.241. The second-order valence-corrected chi connectivity index (χ2v) is 8.76. The molecule has 5 rings (SSSR count). The molecule has 35 heavy (non-hydrogen) atoms. The zero-order valence-corrected chi connectivity index (χ0v) is 19.1. The molecule has 1 aliphatic heterocycles. The van der Waals surface area contributed by atoms with Crippen LogP contribution >= 0.6 is 0 Å². The fourth-order valence-electron chi connectivity index (χ4n) is 4.84. The summed E-state index contributed by atoms with van der Waals surface area (Å²) in [6, 6.07) is 23.2. The van der Waals surface area contributed by atoms with Gasteiger partial charge < -0.3 is 19.3 Å². The molecule has 3 aromatic rings. The van der Waals surface area contributed by atoms with Gasteiger partial charge >= 0.3 is 5.97 Å². The van der Waals surface area contributed by atoms with Gasteiger partial charge in [0.15, 0.2) is 11.4 Å². The number of carbonyl (C=O) groups excluding carboxylic acids is 2. The predicted molar refractivity (Wildman–Crippen MR) is 129 cm³/mol. The third kappa shape index (κ3) is 4.57. The Morgan fingerprint density at radius 3 is 2.20 bits per heavy atom. The van der Waals surface area contributed by atoms with Crippen LogP contribution in [0.4, 0.5) is 0 Å². The number of Topliss-reactive ketones (excluding diaryl/α,β-unsaturated/α-hetero) is 1. The average Bonchev–Trinajstić information content (AvgIpc) is 3.16. The van der Waals surface area contributed by atoms with Gasteiger partial charge in [0, 0.05) is 12.3 Å². The molecule has 0 saturated heterocycles. The molecule has 1 N–H and O–H groups in total. The molecular weight excluding hydrogens is 444 g/mol. The van der Waals surface area contributed by atoms with E-state index in [4.69, 9.17) is 14.2 Å². The van der Waals surface area contributed by atoms with E-state index >= 15 is 0 Å². The first-order valence-electron chi connectivity index (χ1n) is 11.6. The molecule has 0 spiro atoms. The van der Waals surface area contributed by atoms with E-state index in [0.29, 0.717) is 30.3 Å². The summed E-state index contributed by atoms with van der Waals surface area (Å²) in [6.45, 7) is 0.718. The minimum absolute atomic E-state index is 0.00268. The Morgan fingerprint density at radius 2 is 1.46 bits per heavy atom. The molecule has 4 bridgehead atoms. The van der Waals surface area contributed by atoms with Gasteiger partial charge in [-0.3, -0.25) is 9.59 Å². The molecule has 3 atom stereocenters. The van der Waals surface area contributed by atoms with E-state index in [2.05, 4.69) is 0 Å². The first kappa shape index (κ1) is 22.9. The lowest BCUT2D eigenvalue weighted by Gasteiger charge is -2.30. The van der Waals surface area contributed by atoms with Crippen LogP contribution in [0.5, 0.6) is 11.5 Å². The number of benzene rings is 3. The van der Waals surface area contributed by atoms with E-state index in [1.165, 1.54) is 0 Å². The number of cyclic esters (lactones) is 1. The van der Waals surface area contributed by atoms with Crippen molar-refractivity contribution < 1.29 is 28.9 Å². The number of fused-ring (bicyclic) bond motifs is 6. The van der Waals surface area contributed by atoms with Gasteiger partial charge in [0.05, 0.1) is 0 Å². The fourth-order valence-corrected chi connectivity index (χ4v) is 4.84. The normalized spacial score (nSPS) is 25.4. The molecule has 0 radical (unpaired) electrons. The van der Waals surface area contributed by atoms with Crippen LogP contribution in [-0.2, 0) is 26.5 Å². The molecule has 3 aromatic carbocycles. The summed E-state index contributed by atoms with van der Waals surface area (Å²) in [5, 5.41) is 11.8. The van der Waals surface area contributed by atoms with Crippen molar-refractivity contribution in [1.29, 1.82) is 0 Å². The maximum absolute atomic E-state index is 13.6. The topological polar surface area (TPSA) is 82.1 Å². The molecule has 1 aliphatic carbocycles. The highest BCUT2D eigenvalue weighted by Gasteiger charge is 2.59. The predicted octanol–water partition coefficient (Wildman–Crippen LogP) is 4.32. The van der Waals surface area contributed by atoms with Crippen molar-refractivity contribution in [2.45, 2.75) is 24.5 Å². The van der Waals surface area contributed by atoms with Gasteiger partial charge in [-0.05, 0) is 53.1 Å². The smallest absolute Gasteiger partial charge is 0.313 e. The molecule has 6 nitrogen and oxygen atoms in total. The first-order valence-corrected chi connectivity index (χ1v) is 11.6. The SMILES string of the molecule is O=C1OCc2cccc(c2)OC/C=C/COc2cccc(c2)[C@@H]2CC(=O)[C@@](O)(c3ccccc3)[C@@H]12. The minimum atomic E-state index is -1.99. The lowest BCUT2D eigenvalue weighted by atomic mass is 9.78. The molecule has 178 valence electrons. The van der Waals surface area contributed by atoms with Crippen molar-refractivity contribution in [1.82, 2.24) is 0 Å². The number of hydrogen-bond acceptors (Lipinski definition) is 6. The molecule has 1 fully saturated rings. The van der Waals surface area contributed by atoms with Gasteiger partial charge in [0.25, 0.3) is 0 Å². The highest BCUT2D eigenvalue weighted by Crippen LogP contribution is 2.50. The van der Waals surface area contributed by atoms with Gasteiger partial charge in [-0.1, -0.05) is 54.6 Å². The van der Waals surface area contributed by atoms with Crippen LogP contribution in [0.3, 0.4) is 0 Å². The van der Waals surface area contributed by atoms with Gasteiger partial charge in [0.2, 0.25) is 0 Å². The summed E-state index contributed by atoms with van der Waals surface area (Å²) in [5.41, 5.74) is -0.119. The Morgan fingerprint density at radius 1 is 0.771 bits per heavy atom. The highest BCUT2D eigenvalue weighted by atomic mass is 16.5. The molecule has 1 heterocycles. The van der Waals surface area contributed by atoms with E-state index < -0.39 is 29.2 Å². The first-order chi connectivity index (χ1) is 17.1. The maximum Gasteiger partial charge on any atom is 0.313 e. The van der Waals surface area contributed by atoms with E-state index in [9.17, 15) is 14.7 Å². The van der Waals surface area contributed by atoms with Crippen LogP contribution in [0.2, 0.25) is 0 Å². The van der Waals surface area contributed by atoms with Crippen LogP contribution in [0, 0.1) is 5.92 Å². The van der Waals surface area contributed by atoms with Gasteiger partial charge in [-0.15, -0.1) is 0 Å². The number of esters is 1. The Balaban J connectivity index is 1.56. The lowest BCUT2D eigenvalue weighted by molar-refractivity contribution is -0.163. The van der Waals surface area contributed by atoms with Crippen molar-refractivity contribution in [3.63, 3.8) is 0 Å². The third-order valence-electron chi connectivity index (χ3n) is 6.58. The number of hydrogen-bond donors (Lipinski definition) is 1. The zero-order valence-electron chi connectivity index (χ0n) is 19.1. The van der Waals surface area contributed by atoms with E-state index in [1.54, 1.807) is 36.4 Å². The molecule has 6 heteroatoms. The summed E-state index contributed by atoms with van der Waals surface area (Å²) < 4.78 is 17.3. The Labute approximate surface area is 203 Å². The Bertz CT molecular complexity index is 1250. The molecule has 0 amide bonds. The molecule has 1 saturated carbocycles. The van der Waals surface area contributed by atoms with Crippen LogP contribution < -0.4 is 9.47 Å². The standard InChI is InChI=1S/C29H26O6/c30-26-18-25-21-9-7-13-24(17-21)34-15-5-4-14-33-23-12-6-8-20(16-23)19-35-28(31)27(25)29(26,32)22-10-2-1-3-11-22/h1-13,16-17,25,27,32H,14-15,18-19H2/b5-4+/t25-,27+,29-/m0/s1. The molecule has 0 unspecified atom stereocenters. The number of rotatable bonds is 1. The second-order valence-electron chi connectivity index (χ2n) is 8.76. The molecule has 2 aliphatic rings. The summed E-state index contributed by atoms with van der Waals surface area (Å²) in [5.74, 6) is -1.45. The van der Waals surface area contributed by atoms with Gasteiger partial charge in [0.1, 0.15) is 37.2 Å². The van der Waals surface area contributed by atoms with E-state index in [-0.39, 0.29) is 13.0 Å². The van der Waals surface area contributed by atoms with Gasteiger partial charge in [-0.25, -0.2) is 0 Å². The van der Waals surface area contributed by atoms with Crippen LogP contribution in [0.25, 0.3) is 0 Å². The number of ether oxygens (including phenoxy) is 3. The second kappa shape index (κ2) is 9.76. The summed E-state index contributed by atoms with van der Waals surface area (Å²) >= 11 is 0. The number of aliphatic hydroxyl groups is 1. The van der Waals surface area contributed by atoms with Crippen LogP contribution in [-0.4, -0.2) is 30.1 Å². The maximum atomic E-state index is 13.6. The summed E-state index contributed by atoms with van der Waals surface area (Å²) in [7, 11) is 0. The van der Waals surface area contributed by atoms with Crippen molar-refractivity contribution in [3.8, 4) is 11.5 Å². The van der Waals surface area contributed by atoms with Gasteiger partial charge in [-0.2, -0.15) is 0 Å². The van der Waals surface area contributed by atoms with Crippen LogP contribution in [0.15, 0.2) is 91.0 Å². The van der Waals surface area contributed by atoms with Crippen LogP contribution in [0.1, 0.15) is 29.0 Å². The Hall–Kier alpha value is -3.90. The lowest BCUT2D eigenvalue weighted by Crippen LogP contribution is -2.42. The molecule has 0 aromatic heterocycles. The quantitative estimate of drug-likeness (QED) is 0.421. The third-order valence-corrected chi connectivity index (χ3v) is 6.58. The number of carbonyl (C=O) groups is 2. The van der Waals surface area contributed by atoms with Crippen molar-refractivity contribution in [2.75, 3.05) is 13.2 Å². The van der Waals surface area contributed by atoms with E-state index in [1.807, 2.05) is 54.6 Å².